The van der Waals surface area contributed by atoms with Crippen LogP contribution < -0.4 is 10.5 Å². The molecule has 1 atom stereocenters. The Labute approximate surface area is 85.3 Å². The maximum absolute atomic E-state index is 5.65. The molecule has 1 unspecified atom stereocenters. The van der Waals surface area contributed by atoms with Crippen molar-refractivity contribution < 1.29 is 4.74 Å². The molecule has 0 aliphatic rings. The van der Waals surface area contributed by atoms with Gasteiger partial charge in [0.2, 0.25) is 0 Å². The third-order valence-electron chi connectivity index (χ3n) is 2.04. The quantitative estimate of drug-likeness (QED) is 0.778. The lowest BCUT2D eigenvalue weighted by Crippen LogP contribution is -2.13. The number of aromatic nitrogens is 1. The van der Waals surface area contributed by atoms with Crippen LogP contribution in [0.4, 0.5) is 0 Å². The summed E-state index contributed by atoms with van der Waals surface area (Å²) in [5.41, 5.74) is 6.43. The first kappa shape index (κ1) is 11.0. The lowest BCUT2D eigenvalue weighted by molar-refractivity contribution is 0.208. The largest absolute Gasteiger partial charge is 0.489 e. The van der Waals surface area contributed by atoms with Crippen molar-refractivity contribution in [3.8, 4) is 5.75 Å². The number of rotatable bonds is 5. The Morgan fingerprint density at radius 2 is 2.29 bits per heavy atom. The van der Waals surface area contributed by atoms with Gasteiger partial charge in [-0.2, -0.15) is 0 Å². The zero-order chi connectivity index (χ0) is 10.4. The van der Waals surface area contributed by atoms with Crippen LogP contribution in [-0.2, 0) is 0 Å². The van der Waals surface area contributed by atoms with E-state index in [1.54, 1.807) is 6.20 Å². The van der Waals surface area contributed by atoms with Crippen LogP contribution in [0, 0.1) is 6.92 Å². The topological polar surface area (TPSA) is 48.1 Å². The van der Waals surface area contributed by atoms with Gasteiger partial charge in [-0.15, -0.1) is 0 Å². The molecule has 1 rings (SSSR count). The highest BCUT2D eigenvalue weighted by Gasteiger charge is 2.02. The van der Waals surface area contributed by atoms with Gasteiger partial charge in [0.25, 0.3) is 0 Å². The molecular formula is C11H18N2O. The van der Waals surface area contributed by atoms with E-state index >= 15 is 0 Å². The Balaban J connectivity index is 2.39. The van der Waals surface area contributed by atoms with E-state index in [0.29, 0.717) is 0 Å². The third-order valence-corrected chi connectivity index (χ3v) is 2.04. The predicted molar refractivity (Wildman–Crippen MR) is 57.4 cm³/mol. The second-order valence-electron chi connectivity index (χ2n) is 3.49. The van der Waals surface area contributed by atoms with Crippen molar-refractivity contribution in [2.75, 3.05) is 6.54 Å². The molecule has 0 saturated heterocycles. The molecule has 0 aliphatic heterocycles. The number of hydrogen-bond acceptors (Lipinski definition) is 3. The Hall–Kier alpha value is -1.09. The Morgan fingerprint density at radius 3 is 2.86 bits per heavy atom. The van der Waals surface area contributed by atoms with Crippen molar-refractivity contribution in [1.29, 1.82) is 0 Å². The van der Waals surface area contributed by atoms with Crippen LogP contribution >= 0.6 is 0 Å². The van der Waals surface area contributed by atoms with Gasteiger partial charge < -0.3 is 10.5 Å². The molecule has 1 aromatic heterocycles. The minimum atomic E-state index is 0.211. The van der Waals surface area contributed by atoms with Gasteiger partial charge in [0.1, 0.15) is 5.75 Å². The van der Waals surface area contributed by atoms with Gasteiger partial charge in [0, 0.05) is 5.69 Å². The molecule has 3 heteroatoms. The van der Waals surface area contributed by atoms with Crippen LogP contribution in [0.5, 0.6) is 5.75 Å². The van der Waals surface area contributed by atoms with Gasteiger partial charge in [-0.3, -0.25) is 4.98 Å². The highest BCUT2D eigenvalue weighted by atomic mass is 16.5. The summed E-state index contributed by atoms with van der Waals surface area (Å²) >= 11 is 0. The first-order valence-electron chi connectivity index (χ1n) is 5.01. The fourth-order valence-electron chi connectivity index (χ4n) is 1.22. The molecule has 0 radical (unpaired) electrons. The Bertz CT molecular complexity index is 258. The summed E-state index contributed by atoms with van der Waals surface area (Å²) in [6, 6.07) is 3.90. The molecule has 3 nitrogen and oxygen atoms in total. The zero-order valence-corrected chi connectivity index (χ0v) is 8.86. The van der Waals surface area contributed by atoms with E-state index < -0.39 is 0 Å². The normalized spacial score (nSPS) is 12.5. The van der Waals surface area contributed by atoms with E-state index in [-0.39, 0.29) is 6.10 Å². The van der Waals surface area contributed by atoms with Crippen molar-refractivity contribution >= 4 is 0 Å². The summed E-state index contributed by atoms with van der Waals surface area (Å²) in [6.07, 6.45) is 3.96. The molecule has 14 heavy (non-hydrogen) atoms. The molecule has 0 aromatic carbocycles. The molecule has 1 heterocycles. The van der Waals surface area contributed by atoms with Gasteiger partial charge in [-0.05, 0) is 45.4 Å². The number of nitrogens with two attached hydrogens (primary N) is 1. The molecule has 78 valence electrons. The average molecular weight is 194 g/mol. The number of ether oxygens (including phenoxy) is 1. The molecule has 0 amide bonds. The summed E-state index contributed by atoms with van der Waals surface area (Å²) in [5, 5.41) is 0. The summed E-state index contributed by atoms with van der Waals surface area (Å²) in [4.78, 5) is 4.16. The molecule has 0 fully saturated rings. The SMILES string of the molecule is Cc1ccc(OC(C)CCCN)cn1. The zero-order valence-electron chi connectivity index (χ0n) is 8.86. The van der Waals surface area contributed by atoms with Crippen LogP contribution in [0.25, 0.3) is 0 Å². The smallest absolute Gasteiger partial charge is 0.138 e. The van der Waals surface area contributed by atoms with E-state index in [1.165, 1.54) is 0 Å². The first-order valence-corrected chi connectivity index (χ1v) is 5.01. The number of pyridine rings is 1. The summed E-state index contributed by atoms with van der Waals surface area (Å²) in [6.45, 7) is 4.73. The van der Waals surface area contributed by atoms with E-state index in [2.05, 4.69) is 11.9 Å². The summed E-state index contributed by atoms with van der Waals surface area (Å²) in [7, 11) is 0. The average Bonchev–Trinajstić information content (AvgIpc) is 2.18. The third kappa shape index (κ3) is 3.75. The minimum absolute atomic E-state index is 0.211. The second-order valence-corrected chi connectivity index (χ2v) is 3.49. The Kier molecular flexibility index (Phi) is 4.40. The van der Waals surface area contributed by atoms with Crippen LogP contribution in [0.3, 0.4) is 0 Å². The fraction of sp³-hybridized carbons (Fsp3) is 0.545. The summed E-state index contributed by atoms with van der Waals surface area (Å²) in [5.74, 6) is 0.833. The van der Waals surface area contributed by atoms with Crippen LogP contribution in [0.1, 0.15) is 25.5 Å². The van der Waals surface area contributed by atoms with Crippen molar-refractivity contribution in [3.63, 3.8) is 0 Å². The number of hydrogen-bond donors (Lipinski definition) is 1. The monoisotopic (exact) mass is 194 g/mol. The molecule has 0 spiro atoms. The minimum Gasteiger partial charge on any atom is -0.489 e. The van der Waals surface area contributed by atoms with E-state index in [0.717, 1.165) is 30.8 Å². The second kappa shape index (κ2) is 5.60. The molecule has 0 aliphatic carbocycles. The number of aryl methyl sites for hydroxylation is 1. The van der Waals surface area contributed by atoms with Crippen LogP contribution in [0.2, 0.25) is 0 Å². The van der Waals surface area contributed by atoms with Gasteiger partial charge in [-0.25, -0.2) is 0 Å². The molecule has 0 bridgehead atoms. The van der Waals surface area contributed by atoms with Crippen molar-refractivity contribution in [2.45, 2.75) is 32.8 Å². The fourth-order valence-corrected chi connectivity index (χ4v) is 1.22. The highest BCUT2D eigenvalue weighted by Crippen LogP contribution is 2.12. The van der Waals surface area contributed by atoms with Gasteiger partial charge in [0.05, 0.1) is 12.3 Å². The van der Waals surface area contributed by atoms with Crippen molar-refractivity contribution in [3.05, 3.63) is 24.0 Å². The Morgan fingerprint density at radius 1 is 1.50 bits per heavy atom. The van der Waals surface area contributed by atoms with E-state index in [9.17, 15) is 0 Å². The molecule has 2 N–H and O–H groups in total. The van der Waals surface area contributed by atoms with Crippen LogP contribution in [0.15, 0.2) is 18.3 Å². The van der Waals surface area contributed by atoms with E-state index in [4.69, 9.17) is 10.5 Å². The van der Waals surface area contributed by atoms with Crippen LogP contribution in [-0.4, -0.2) is 17.6 Å². The molecular weight excluding hydrogens is 176 g/mol. The predicted octanol–water partition coefficient (Wildman–Crippen LogP) is 1.90. The van der Waals surface area contributed by atoms with Gasteiger partial charge in [-0.1, -0.05) is 0 Å². The molecule has 0 saturated carbocycles. The van der Waals surface area contributed by atoms with Gasteiger partial charge in [0.15, 0.2) is 0 Å². The van der Waals surface area contributed by atoms with Gasteiger partial charge >= 0.3 is 0 Å². The van der Waals surface area contributed by atoms with Crippen molar-refractivity contribution in [2.24, 2.45) is 5.73 Å². The van der Waals surface area contributed by atoms with E-state index in [1.807, 2.05) is 19.1 Å². The maximum atomic E-state index is 5.65. The maximum Gasteiger partial charge on any atom is 0.138 e. The highest BCUT2D eigenvalue weighted by molar-refractivity contribution is 5.19. The molecule has 1 aromatic rings. The lowest BCUT2D eigenvalue weighted by Gasteiger charge is -2.13. The van der Waals surface area contributed by atoms with Crippen molar-refractivity contribution in [1.82, 2.24) is 4.98 Å². The first-order chi connectivity index (χ1) is 6.72. The lowest BCUT2D eigenvalue weighted by atomic mass is 10.2. The number of nitrogens with zero attached hydrogens (tertiary/aromatic N) is 1. The summed E-state index contributed by atoms with van der Waals surface area (Å²) < 4.78 is 5.65. The standard InChI is InChI=1S/C11H18N2O/c1-9-5-6-11(8-13-9)14-10(2)4-3-7-12/h5-6,8,10H,3-4,7,12H2,1-2H3.